The Balaban J connectivity index is 1.71. The molecule has 24 heavy (non-hydrogen) atoms. The molecule has 0 aliphatic heterocycles. The van der Waals surface area contributed by atoms with Crippen molar-refractivity contribution in [3.63, 3.8) is 0 Å². The third-order valence-corrected chi connectivity index (χ3v) is 4.22. The van der Waals surface area contributed by atoms with Crippen LogP contribution in [0, 0.1) is 0 Å². The van der Waals surface area contributed by atoms with Crippen LogP contribution in [0.4, 0.5) is 0 Å². The van der Waals surface area contributed by atoms with Crippen LogP contribution in [0.15, 0.2) is 41.0 Å². The third kappa shape index (κ3) is 6.08. The number of rotatable bonds is 9. The molecule has 2 rings (SSSR count). The standard InChI is InChI=1S/C17H20N2O4S/c1-12(7-8-16(21)22)18-15(20)11-24-10-14-9-23-17(19-14)13-5-3-2-4-6-13/h2-6,9,12H,7-8,10-11H2,1H3,(H,18,20)(H,21,22). The van der Waals surface area contributed by atoms with Crippen molar-refractivity contribution in [2.45, 2.75) is 31.6 Å². The molecule has 0 saturated carbocycles. The average Bonchev–Trinajstić information content (AvgIpc) is 3.02. The van der Waals surface area contributed by atoms with Crippen molar-refractivity contribution in [1.29, 1.82) is 0 Å². The summed E-state index contributed by atoms with van der Waals surface area (Å²) < 4.78 is 5.45. The van der Waals surface area contributed by atoms with Gasteiger partial charge in [0, 0.05) is 23.8 Å². The number of carboxylic acids is 1. The zero-order valence-corrected chi connectivity index (χ0v) is 14.2. The van der Waals surface area contributed by atoms with Gasteiger partial charge >= 0.3 is 5.97 Å². The van der Waals surface area contributed by atoms with E-state index < -0.39 is 5.97 Å². The van der Waals surface area contributed by atoms with Gasteiger partial charge in [0.2, 0.25) is 11.8 Å². The van der Waals surface area contributed by atoms with Crippen molar-refractivity contribution in [2.75, 3.05) is 5.75 Å². The van der Waals surface area contributed by atoms with Gasteiger partial charge in [-0.1, -0.05) is 18.2 Å². The van der Waals surface area contributed by atoms with E-state index in [0.29, 0.717) is 23.8 Å². The summed E-state index contributed by atoms with van der Waals surface area (Å²) in [7, 11) is 0. The second-order valence-electron chi connectivity index (χ2n) is 5.40. The molecule has 0 bridgehead atoms. The SMILES string of the molecule is CC(CCC(=O)O)NC(=O)CSCc1coc(-c2ccccc2)n1. The second-order valence-corrected chi connectivity index (χ2v) is 6.39. The number of aliphatic carboxylic acids is 1. The van der Waals surface area contributed by atoms with E-state index in [9.17, 15) is 9.59 Å². The fourth-order valence-electron chi connectivity index (χ4n) is 2.06. The molecule has 1 unspecified atom stereocenters. The van der Waals surface area contributed by atoms with E-state index in [1.807, 2.05) is 30.3 Å². The number of nitrogens with one attached hydrogen (secondary N) is 1. The Kier molecular flexibility index (Phi) is 6.87. The Morgan fingerprint density at radius 3 is 2.79 bits per heavy atom. The molecule has 0 spiro atoms. The number of carbonyl (C=O) groups is 2. The first-order valence-electron chi connectivity index (χ1n) is 7.63. The Bertz CT molecular complexity index is 672. The molecule has 2 N–H and O–H groups in total. The van der Waals surface area contributed by atoms with Crippen LogP contribution in [-0.4, -0.2) is 33.8 Å². The first kappa shape index (κ1) is 18.1. The minimum Gasteiger partial charge on any atom is -0.481 e. The fraction of sp³-hybridized carbons (Fsp3) is 0.353. The molecule has 1 amide bonds. The molecule has 1 aromatic heterocycles. The van der Waals surface area contributed by atoms with Crippen molar-refractivity contribution < 1.29 is 19.1 Å². The summed E-state index contributed by atoms with van der Waals surface area (Å²) in [4.78, 5) is 26.7. The maximum absolute atomic E-state index is 11.8. The zero-order valence-electron chi connectivity index (χ0n) is 13.4. The number of nitrogens with zero attached hydrogens (tertiary/aromatic N) is 1. The molecule has 7 heteroatoms. The number of hydrogen-bond acceptors (Lipinski definition) is 5. The predicted octanol–water partition coefficient (Wildman–Crippen LogP) is 2.94. The number of amides is 1. The molecular formula is C17H20N2O4S. The van der Waals surface area contributed by atoms with E-state index >= 15 is 0 Å². The smallest absolute Gasteiger partial charge is 0.303 e. The van der Waals surface area contributed by atoms with Crippen molar-refractivity contribution in [3.05, 3.63) is 42.3 Å². The molecule has 128 valence electrons. The highest BCUT2D eigenvalue weighted by atomic mass is 32.2. The summed E-state index contributed by atoms with van der Waals surface area (Å²) in [5, 5.41) is 11.4. The molecule has 0 fully saturated rings. The van der Waals surface area contributed by atoms with E-state index in [2.05, 4.69) is 10.3 Å². The van der Waals surface area contributed by atoms with Crippen LogP contribution in [0.1, 0.15) is 25.5 Å². The van der Waals surface area contributed by atoms with E-state index in [1.54, 1.807) is 13.2 Å². The molecule has 0 saturated heterocycles. The van der Waals surface area contributed by atoms with Crippen LogP contribution in [0.2, 0.25) is 0 Å². The Morgan fingerprint density at radius 2 is 2.08 bits per heavy atom. The highest BCUT2D eigenvalue weighted by Crippen LogP contribution is 2.20. The second kappa shape index (κ2) is 9.12. The molecular weight excluding hydrogens is 328 g/mol. The number of benzene rings is 1. The summed E-state index contributed by atoms with van der Waals surface area (Å²) in [6.07, 6.45) is 2.08. The molecule has 0 aliphatic carbocycles. The quantitative estimate of drug-likeness (QED) is 0.724. The highest BCUT2D eigenvalue weighted by molar-refractivity contribution is 7.99. The van der Waals surface area contributed by atoms with Crippen LogP contribution in [0.5, 0.6) is 0 Å². The van der Waals surface area contributed by atoms with Gasteiger partial charge in [-0.05, 0) is 25.5 Å². The van der Waals surface area contributed by atoms with E-state index in [-0.39, 0.29) is 18.4 Å². The molecule has 1 heterocycles. The van der Waals surface area contributed by atoms with E-state index in [4.69, 9.17) is 9.52 Å². The Hall–Kier alpha value is -2.28. The number of thioether (sulfide) groups is 1. The highest BCUT2D eigenvalue weighted by Gasteiger charge is 2.11. The zero-order chi connectivity index (χ0) is 17.4. The van der Waals surface area contributed by atoms with Gasteiger partial charge in [-0.25, -0.2) is 4.98 Å². The number of oxazole rings is 1. The normalized spacial score (nSPS) is 11.9. The molecule has 2 aromatic rings. The Morgan fingerprint density at radius 1 is 1.33 bits per heavy atom. The first-order valence-corrected chi connectivity index (χ1v) is 8.79. The van der Waals surface area contributed by atoms with Gasteiger partial charge in [-0.15, -0.1) is 11.8 Å². The molecule has 0 radical (unpaired) electrons. The maximum atomic E-state index is 11.8. The fourth-order valence-corrected chi connectivity index (χ4v) is 2.78. The minimum atomic E-state index is -0.856. The topological polar surface area (TPSA) is 92.4 Å². The molecule has 1 aromatic carbocycles. The van der Waals surface area contributed by atoms with Gasteiger partial charge in [-0.2, -0.15) is 0 Å². The van der Waals surface area contributed by atoms with Crippen molar-refractivity contribution in [2.24, 2.45) is 0 Å². The van der Waals surface area contributed by atoms with Gasteiger partial charge in [0.25, 0.3) is 0 Å². The lowest BCUT2D eigenvalue weighted by atomic mass is 10.2. The third-order valence-electron chi connectivity index (χ3n) is 3.25. The monoisotopic (exact) mass is 348 g/mol. The van der Waals surface area contributed by atoms with Crippen LogP contribution in [0.3, 0.4) is 0 Å². The van der Waals surface area contributed by atoms with Crippen LogP contribution in [0.25, 0.3) is 11.5 Å². The summed E-state index contributed by atoms with van der Waals surface area (Å²) in [5.74, 6) is 0.478. The molecule has 6 nitrogen and oxygen atoms in total. The van der Waals surface area contributed by atoms with E-state index in [0.717, 1.165) is 11.3 Å². The summed E-state index contributed by atoms with van der Waals surface area (Å²) in [6.45, 7) is 1.80. The number of carboxylic acid groups (broad SMARTS) is 1. The lowest BCUT2D eigenvalue weighted by Crippen LogP contribution is -2.34. The maximum Gasteiger partial charge on any atom is 0.303 e. The summed E-state index contributed by atoms with van der Waals surface area (Å²) in [6, 6.07) is 9.47. The van der Waals surface area contributed by atoms with Gasteiger partial charge in [-0.3, -0.25) is 9.59 Å². The van der Waals surface area contributed by atoms with Gasteiger partial charge in [0.15, 0.2) is 0 Å². The van der Waals surface area contributed by atoms with E-state index in [1.165, 1.54) is 11.8 Å². The predicted molar refractivity (Wildman–Crippen MR) is 92.6 cm³/mol. The van der Waals surface area contributed by atoms with Gasteiger partial charge in [0.05, 0.1) is 11.4 Å². The number of aromatic nitrogens is 1. The largest absolute Gasteiger partial charge is 0.481 e. The van der Waals surface area contributed by atoms with Crippen LogP contribution in [-0.2, 0) is 15.3 Å². The lowest BCUT2D eigenvalue weighted by Gasteiger charge is -2.12. The molecule has 0 aliphatic rings. The van der Waals surface area contributed by atoms with Crippen LogP contribution < -0.4 is 5.32 Å². The van der Waals surface area contributed by atoms with Crippen LogP contribution >= 0.6 is 11.8 Å². The van der Waals surface area contributed by atoms with Gasteiger partial charge < -0.3 is 14.8 Å². The van der Waals surface area contributed by atoms with Gasteiger partial charge in [0.1, 0.15) is 6.26 Å². The summed E-state index contributed by atoms with van der Waals surface area (Å²) >= 11 is 1.44. The van der Waals surface area contributed by atoms with Crippen molar-refractivity contribution >= 4 is 23.6 Å². The average molecular weight is 348 g/mol. The van der Waals surface area contributed by atoms with Crippen molar-refractivity contribution in [3.8, 4) is 11.5 Å². The number of hydrogen-bond donors (Lipinski definition) is 2. The first-order chi connectivity index (χ1) is 11.5. The Labute approximate surface area is 144 Å². The lowest BCUT2D eigenvalue weighted by molar-refractivity contribution is -0.137. The number of carbonyl (C=O) groups excluding carboxylic acids is 1. The summed E-state index contributed by atoms with van der Waals surface area (Å²) in [5.41, 5.74) is 1.70. The molecule has 1 atom stereocenters. The van der Waals surface area contributed by atoms with Crippen molar-refractivity contribution in [1.82, 2.24) is 10.3 Å². The minimum absolute atomic E-state index is 0.0514.